The number of aliphatic carboxylic acids is 1. The van der Waals surface area contributed by atoms with Crippen molar-refractivity contribution < 1.29 is 14.7 Å². The normalized spacial score (nSPS) is 22.4. The molecule has 1 N–H and O–H groups in total. The van der Waals surface area contributed by atoms with E-state index in [-0.39, 0.29) is 17.7 Å². The molecule has 1 heterocycles. The molecule has 19 heavy (non-hydrogen) atoms. The second-order valence-electron chi connectivity index (χ2n) is 5.27. The summed E-state index contributed by atoms with van der Waals surface area (Å²) in [4.78, 5) is 26.1. The zero-order chi connectivity index (χ0) is 14.0. The number of aryl methyl sites for hydroxylation is 1. The fraction of sp³-hybridized carbons (Fsp3) is 0.571. The molecule has 1 aliphatic rings. The second kappa shape index (κ2) is 5.74. The molecule has 1 aliphatic carbocycles. The highest BCUT2D eigenvalue weighted by Gasteiger charge is 2.35. The van der Waals surface area contributed by atoms with Gasteiger partial charge in [-0.25, -0.2) is 0 Å². The number of carbonyl (C=O) groups excluding carboxylic acids is 1. The van der Waals surface area contributed by atoms with Crippen LogP contribution in [0.3, 0.4) is 0 Å². The fourth-order valence-electron chi connectivity index (χ4n) is 2.60. The summed E-state index contributed by atoms with van der Waals surface area (Å²) in [7, 11) is 1.80. The van der Waals surface area contributed by atoms with Crippen molar-refractivity contribution in [2.45, 2.75) is 32.7 Å². The molecule has 0 aromatic carbocycles. The maximum absolute atomic E-state index is 12.3. The monoisotopic (exact) mass is 281 g/mol. The first-order chi connectivity index (χ1) is 8.99. The molecule has 1 aromatic heterocycles. The van der Waals surface area contributed by atoms with Gasteiger partial charge in [-0.15, -0.1) is 11.3 Å². The minimum atomic E-state index is -0.771. The van der Waals surface area contributed by atoms with Crippen LogP contribution in [0.15, 0.2) is 11.4 Å². The topological polar surface area (TPSA) is 57.6 Å². The summed E-state index contributed by atoms with van der Waals surface area (Å²) in [5, 5.41) is 11.0. The van der Waals surface area contributed by atoms with E-state index in [1.54, 1.807) is 23.3 Å². The van der Waals surface area contributed by atoms with Crippen LogP contribution in [0.1, 0.15) is 29.7 Å². The third kappa shape index (κ3) is 3.15. The molecule has 2 rings (SSSR count). The lowest BCUT2D eigenvalue weighted by molar-refractivity contribution is -0.141. The van der Waals surface area contributed by atoms with Crippen molar-refractivity contribution in [2.75, 3.05) is 7.05 Å². The molecule has 1 aromatic rings. The lowest BCUT2D eigenvalue weighted by atomic mass is 10.0. The van der Waals surface area contributed by atoms with Crippen molar-refractivity contribution in [3.8, 4) is 0 Å². The van der Waals surface area contributed by atoms with Crippen molar-refractivity contribution in [3.05, 3.63) is 21.9 Å². The van der Waals surface area contributed by atoms with Gasteiger partial charge in [-0.3, -0.25) is 9.59 Å². The first-order valence-electron chi connectivity index (χ1n) is 6.49. The number of nitrogens with zero attached hydrogens (tertiary/aromatic N) is 1. The van der Waals surface area contributed by atoms with Gasteiger partial charge in [0.15, 0.2) is 0 Å². The molecule has 0 saturated heterocycles. The number of hydrogen-bond donors (Lipinski definition) is 1. The van der Waals surface area contributed by atoms with Crippen LogP contribution in [-0.4, -0.2) is 28.9 Å². The molecule has 1 fully saturated rings. The lowest BCUT2D eigenvalue weighted by Gasteiger charge is -2.20. The minimum Gasteiger partial charge on any atom is -0.481 e. The van der Waals surface area contributed by atoms with Crippen LogP contribution in [0.25, 0.3) is 0 Å². The Kier molecular flexibility index (Phi) is 4.24. The Balaban J connectivity index is 1.93. The third-order valence-electron chi connectivity index (χ3n) is 3.86. The lowest BCUT2D eigenvalue weighted by Crippen LogP contribution is -2.31. The van der Waals surface area contributed by atoms with Crippen LogP contribution < -0.4 is 0 Å². The molecule has 0 radical (unpaired) electrons. The molecular formula is C14H19NO3S. The zero-order valence-electron chi connectivity index (χ0n) is 11.3. The predicted molar refractivity (Wildman–Crippen MR) is 74.0 cm³/mol. The Hall–Kier alpha value is -1.36. The number of carboxylic acid groups (broad SMARTS) is 1. The van der Waals surface area contributed by atoms with Crippen molar-refractivity contribution in [1.29, 1.82) is 0 Å². The molecule has 5 heteroatoms. The van der Waals surface area contributed by atoms with Gasteiger partial charge in [0, 0.05) is 17.8 Å². The number of carbonyl (C=O) groups is 2. The quantitative estimate of drug-likeness (QED) is 0.922. The second-order valence-corrected chi connectivity index (χ2v) is 6.27. The first kappa shape index (κ1) is 14.1. The van der Waals surface area contributed by atoms with Crippen molar-refractivity contribution in [2.24, 2.45) is 11.8 Å². The third-order valence-corrected chi connectivity index (χ3v) is 4.86. The fourth-order valence-corrected chi connectivity index (χ4v) is 3.56. The van der Waals surface area contributed by atoms with Crippen LogP contribution in [0.4, 0.5) is 0 Å². The molecule has 2 atom stereocenters. The Morgan fingerprint density at radius 2 is 2.11 bits per heavy atom. The zero-order valence-corrected chi connectivity index (χ0v) is 12.1. The predicted octanol–water partition coefficient (Wildman–Crippen LogP) is 2.52. The van der Waals surface area contributed by atoms with Gasteiger partial charge in [-0.2, -0.15) is 0 Å². The van der Waals surface area contributed by atoms with Crippen molar-refractivity contribution in [1.82, 2.24) is 4.90 Å². The summed E-state index contributed by atoms with van der Waals surface area (Å²) in [5.41, 5.74) is 1.21. The van der Waals surface area contributed by atoms with Crippen LogP contribution in [0.5, 0.6) is 0 Å². The molecule has 104 valence electrons. The Labute approximate surface area is 117 Å². The summed E-state index contributed by atoms with van der Waals surface area (Å²) in [6.07, 6.45) is 1.81. The molecule has 0 aliphatic heterocycles. The number of rotatable bonds is 4. The van der Waals surface area contributed by atoms with E-state index in [4.69, 9.17) is 5.11 Å². The molecule has 0 spiro atoms. The van der Waals surface area contributed by atoms with E-state index in [9.17, 15) is 9.59 Å². The Morgan fingerprint density at radius 3 is 2.63 bits per heavy atom. The SMILES string of the molecule is Cc1ccsc1CN(C)C(=O)C1CCC(C(=O)O)C1. The molecule has 0 bridgehead atoms. The maximum atomic E-state index is 12.3. The van der Waals surface area contributed by atoms with Gasteiger partial charge >= 0.3 is 5.97 Å². The molecule has 1 saturated carbocycles. The number of hydrogen-bond acceptors (Lipinski definition) is 3. The summed E-state index contributed by atoms with van der Waals surface area (Å²) < 4.78 is 0. The van der Waals surface area contributed by atoms with Gasteiger partial charge in [0.05, 0.1) is 12.5 Å². The maximum Gasteiger partial charge on any atom is 0.306 e. The van der Waals surface area contributed by atoms with E-state index in [0.717, 1.165) is 0 Å². The highest BCUT2D eigenvalue weighted by Crippen LogP contribution is 2.32. The molecule has 4 nitrogen and oxygen atoms in total. The van der Waals surface area contributed by atoms with Crippen LogP contribution in [-0.2, 0) is 16.1 Å². The highest BCUT2D eigenvalue weighted by atomic mass is 32.1. The number of carboxylic acids is 1. The van der Waals surface area contributed by atoms with Gasteiger partial charge in [-0.05, 0) is 43.2 Å². The minimum absolute atomic E-state index is 0.0801. The summed E-state index contributed by atoms with van der Waals surface area (Å²) >= 11 is 1.66. The van der Waals surface area contributed by atoms with Crippen LogP contribution in [0, 0.1) is 18.8 Å². The number of thiophene rings is 1. The van der Waals surface area contributed by atoms with Crippen molar-refractivity contribution in [3.63, 3.8) is 0 Å². The van der Waals surface area contributed by atoms with Crippen LogP contribution >= 0.6 is 11.3 Å². The highest BCUT2D eigenvalue weighted by molar-refractivity contribution is 7.10. The average Bonchev–Trinajstić information content (AvgIpc) is 2.98. The van der Waals surface area contributed by atoms with Gasteiger partial charge in [0.1, 0.15) is 0 Å². The molecule has 1 amide bonds. The van der Waals surface area contributed by atoms with E-state index in [1.165, 1.54) is 10.4 Å². The largest absolute Gasteiger partial charge is 0.481 e. The Morgan fingerprint density at radius 1 is 1.42 bits per heavy atom. The number of amides is 1. The van der Waals surface area contributed by atoms with E-state index in [2.05, 4.69) is 0 Å². The first-order valence-corrected chi connectivity index (χ1v) is 7.37. The Bertz CT molecular complexity index is 483. The van der Waals surface area contributed by atoms with Gasteiger partial charge in [0.25, 0.3) is 0 Å². The van der Waals surface area contributed by atoms with E-state index >= 15 is 0 Å². The van der Waals surface area contributed by atoms with Gasteiger partial charge in [0.2, 0.25) is 5.91 Å². The molecular weight excluding hydrogens is 262 g/mol. The summed E-state index contributed by atoms with van der Waals surface area (Å²) in [6, 6.07) is 2.05. The molecule has 2 unspecified atom stereocenters. The van der Waals surface area contributed by atoms with Crippen LogP contribution in [0.2, 0.25) is 0 Å². The van der Waals surface area contributed by atoms with Crippen molar-refractivity contribution >= 4 is 23.2 Å². The van der Waals surface area contributed by atoms with E-state index < -0.39 is 5.97 Å². The standard InChI is InChI=1S/C14H19NO3S/c1-9-5-6-19-12(9)8-15(2)13(16)10-3-4-11(7-10)14(17)18/h5-6,10-11H,3-4,7-8H2,1-2H3,(H,17,18). The smallest absolute Gasteiger partial charge is 0.306 e. The summed E-state index contributed by atoms with van der Waals surface area (Å²) in [6.45, 7) is 2.66. The summed E-state index contributed by atoms with van der Waals surface area (Å²) in [5.74, 6) is -1.15. The van der Waals surface area contributed by atoms with Gasteiger partial charge in [-0.1, -0.05) is 0 Å². The average molecular weight is 281 g/mol. The van der Waals surface area contributed by atoms with E-state index in [0.29, 0.717) is 25.8 Å². The van der Waals surface area contributed by atoms with Gasteiger partial charge < -0.3 is 10.0 Å². The van der Waals surface area contributed by atoms with E-state index in [1.807, 2.05) is 18.4 Å².